The van der Waals surface area contributed by atoms with Crippen LogP contribution in [-0.4, -0.2) is 17.6 Å². The topological polar surface area (TPSA) is 49.3 Å². The Bertz CT molecular complexity index is 572. The summed E-state index contributed by atoms with van der Waals surface area (Å²) in [4.78, 5) is 12.0. The Morgan fingerprint density at radius 2 is 1.75 bits per heavy atom. The summed E-state index contributed by atoms with van der Waals surface area (Å²) in [5.41, 5.74) is 1.46. The van der Waals surface area contributed by atoms with Gasteiger partial charge in [0.05, 0.1) is 11.7 Å². The van der Waals surface area contributed by atoms with Crippen LogP contribution in [0.4, 0.5) is 0 Å². The predicted octanol–water partition coefficient (Wildman–Crippen LogP) is 3.30. The smallest absolute Gasteiger partial charge is 0.252 e. The molecule has 0 saturated carbocycles. The number of hydrogen-bond acceptors (Lipinski definition) is 2. The summed E-state index contributed by atoms with van der Waals surface area (Å²) in [6, 6.07) is 16.7. The summed E-state index contributed by atoms with van der Waals surface area (Å²) in [5.74, 6) is -0.141. The van der Waals surface area contributed by atoms with Gasteiger partial charge in [-0.15, -0.1) is 0 Å². The van der Waals surface area contributed by atoms with Crippen LogP contribution in [0, 0.1) is 0 Å². The normalized spacial score (nSPS) is 11.9. The molecule has 0 aliphatic heterocycles. The minimum Gasteiger partial charge on any atom is -0.388 e. The Morgan fingerprint density at radius 1 is 1.10 bits per heavy atom. The molecule has 0 aromatic heterocycles. The Kier molecular flexibility index (Phi) is 5.32. The monoisotopic (exact) mass is 333 g/mol. The van der Waals surface area contributed by atoms with Crippen molar-refractivity contribution < 1.29 is 9.90 Å². The van der Waals surface area contributed by atoms with Crippen LogP contribution in [0.2, 0.25) is 0 Å². The Morgan fingerprint density at radius 3 is 2.45 bits per heavy atom. The van der Waals surface area contributed by atoms with E-state index in [-0.39, 0.29) is 5.91 Å². The zero-order valence-corrected chi connectivity index (χ0v) is 12.5. The van der Waals surface area contributed by atoms with E-state index >= 15 is 0 Å². The molecule has 20 heavy (non-hydrogen) atoms. The summed E-state index contributed by atoms with van der Waals surface area (Å²) >= 11 is 3.34. The van der Waals surface area contributed by atoms with Gasteiger partial charge in [-0.05, 0) is 40.0 Å². The predicted molar refractivity (Wildman–Crippen MR) is 82.5 cm³/mol. The number of carbonyl (C=O) groups is 1. The van der Waals surface area contributed by atoms with Gasteiger partial charge < -0.3 is 10.4 Å². The molecule has 0 fully saturated rings. The van der Waals surface area contributed by atoms with E-state index in [2.05, 4.69) is 21.2 Å². The average Bonchev–Trinajstić information content (AvgIpc) is 2.48. The first-order valence-electron chi connectivity index (χ1n) is 6.44. The van der Waals surface area contributed by atoms with Gasteiger partial charge in [0, 0.05) is 11.0 Å². The van der Waals surface area contributed by atoms with Crippen LogP contribution in [0.25, 0.3) is 0 Å². The highest BCUT2D eigenvalue weighted by molar-refractivity contribution is 9.10. The first-order valence-corrected chi connectivity index (χ1v) is 7.23. The summed E-state index contributed by atoms with van der Waals surface area (Å²) < 4.78 is 0.765. The van der Waals surface area contributed by atoms with E-state index in [4.69, 9.17) is 0 Å². The van der Waals surface area contributed by atoms with Crippen LogP contribution < -0.4 is 5.32 Å². The van der Waals surface area contributed by atoms with E-state index in [1.165, 1.54) is 0 Å². The van der Waals surface area contributed by atoms with Gasteiger partial charge in [-0.25, -0.2) is 0 Å². The van der Waals surface area contributed by atoms with Gasteiger partial charge in [0.25, 0.3) is 5.91 Å². The van der Waals surface area contributed by atoms with E-state index in [0.717, 1.165) is 10.0 Å². The molecule has 0 aliphatic rings. The SMILES string of the molecule is O=C(NCC[C@H](O)c1ccccc1)c1ccccc1Br. The van der Waals surface area contributed by atoms with Crippen molar-refractivity contribution in [1.29, 1.82) is 0 Å². The summed E-state index contributed by atoms with van der Waals surface area (Å²) in [7, 11) is 0. The summed E-state index contributed by atoms with van der Waals surface area (Å²) in [6.45, 7) is 0.427. The van der Waals surface area contributed by atoms with Gasteiger partial charge >= 0.3 is 0 Å². The fourth-order valence-corrected chi connectivity index (χ4v) is 2.37. The highest BCUT2D eigenvalue weighted by Crippen LogP contribution is 2.17. The van der Waals surface area contributed by atoms with Gasteiger partial charge in [0.15, 0.2) is 0 Å². The molecule has 2 rings (SSSR count). The molecule has 0 aliphatic carbocycles. The number of aliphatic hydroxyl groups excluding tert-OH is 1. The number of aliphatic hydroxyl groups is 1. The Hall–Kier alpha value is -1.65. The highest BCUT2D eigenvalue weighted by atomic mass is 79.9. The molecule has 2 aromatic carbocycles. The second-order valence-corrected chi connectivity index (χ2v) is 5.31. The van der Waals surface area contributed by atoms with E-state index in [1.54, 1.807) is 6.07 Å². The molecule has 0 radical (unpaired) electrons. The number of benzene rings is 2. The number of amides is 1. The molecule has 2 aromatic rings. The molecule has 1 atom stereocenters. The number of nitrogens with one attached hydrogen (secondary N) is 1. The molecule has 4 heteroatoms. The van der Waals surface area contributed by atoms with Crippen molar-refractivity contribution in [2.24, 2.45) is 0 Å². The number of rotatable bonds is 5. The quantitative estimate of drug-likeness (QED) is 0.881. The van der Waals surface area contributed by atoms with Crippen molar-refractivity contribution in [3.05, 3.63) is 70.2 Å². The Labute approximate surface area is 126 Å². The zero-order chi connectivity index (χ0) is 14.4. The van der Waals surface area contributed by atoms with E-state index < -0.39 is 6.10 Å². The maximum Gasteiger partial charge on any atom is 0.252 e. The van der Waals surface area contributed by atoms with Crippen LogP contribution in [0.1, 0.15) is 28.4 Å². The van der Waals surface area contributed by atoms with Crippen molar-refractivity contribution in [3.8, 4) is 0 Å². The van der Waals surface area contributed by atoms with E-state index in [9.17, 15) is 9.90 Å². The summed E-state index contributed by atoms with van der Waals surface area (Å²) in [6.07, 6.45) is -0.0732. The maximum atomic E-state index is 12.0. The maximum absolute atomic E-state index is 12.0. The number of carbonyl (C=O) groups excluding carboxylic acids is 1. The fraction of sp³-hybridized carbons (Fsp3) is 0.188. The van der Waals surface area contributed by atoms with Gasteiger partial charge in [-0.2, -0.15) is 0 Å². The van der Waals surface area contributed by atoms with Gasteiger partial charge in [-0.3, -0.25) is 4.79 Å². The lowest BCUT2D eigenvalue weighted by Gasteiger charge is -2.12. The standard InChI is InChI=1S/C16H16BrNO2/c17-14-9-5-4-8-13(14)16(20)18-11-10-15(19)12-6-2-1-3-7-12/h1-9,15,19H,10-11H2,(H,18,20)/t15-/m0/s1. The number of halogens is 1. The lowest BCUT2D eigenvalue weighted by Crippen LogP contribution is -2.25. The number of hydrogen-bond donors (Lipinski definition) is 2. The van der Waals surface area contributed by atoms with Crippen molar-refractivity contribution in [1.82, 2.24) is 5.32 Å². The van der Waals surface area contributed by atoms with E-state index in [1.807, 2.05) is 48.5 Å². The molecule has 1 amide bonds. The molecule has 3 nitrogen and oxygen atoms in total. The van der Waals surface area contributed by atoms with Crippen molar-refractivity contribution >= 4 is 21.8 Å². The van der Waals surface area contributed by atoms with Crippen molar-refractivity contribution in [2.45, 2.75) is 12.5 Å². The first kappa shape index (κ1) is 14.8. The second-order valence-electron chi connectivity index (χ2n) is 4.45. The average molecular weight is 334 g/mol. The molecular weight excluding hydrogens is 318 g/mol. The highest BCUT2D eigenvalue weighted by Gasteiger charge is 2.10. The minimum atomic E-state index is -0.560. The second kappa shape index (κ2) is 7.22. The zero-order valence-electron chi connectivity index (χ0n) is 10.9. The van der Waals surface area contributed by atoms with Crippen LogP contribution in [0.3, 0.4) is 0 Å². The fourth-order valence-electron chi connectivity index (χ4n) is 1.90. The van der Waals surface area contributed by atoms with Crippen molar-refractivity contribution in [3.63, 3.8) is 0 Å². The molecule has 0 spiro atoms. The lowest BCUT2D eigenvalue weighted by molar-refractivity contribution is 0.0942. The van der Waals surface area contributed by atoms with Gasteiger partial charge in [0.1, 0.15) is 0 Å². The molecule has 2 N–H and O–H groups in total. The Balaban J connectivity index is 1.84. The lowest BCUT2D eigenvalue weighted by atomic mass is 10.1. The van der Waals surface area contributed by atoms with Gasteiger partial charge in [-0.1, -0.05) is 42.5 Å². The third-order valence-electron chi connectivity index (χ3n) is 3.01. The van der Waals surface area contributed by atoms with Crippen LogP contribution >= 0.6 is 15.9 Å². The molecule has 0 bridgehead atoms. The van der Waals surface area contributed by atoms with E-state index in [0.29, 0.717) is 18.5 Å². The molecule has 0 heterocycles. The van der Waals surface area contributed by atoms with Crippen LogP contribution in [0.5, 0.6) is 0 Å². The molecule has 0 unspecified atom stereocenters. The molecule has 104 valence electrons. The molecule has 0 saturated heterocycles. The van der Waals surface area contributed by atoms with Gasteiger partial charge in [0.2, 0.25) is 0 Å². The van der Waals surface area contributed by atoms with Crippen LogP contribution in [0.15, 0.2) is 59.1 Å². The first-order chi connectivity index (χ1) is 9.68. The minimum absolute atomic E-state index is 0.141. The third kappa shape index (κ3) is 3.92. The third-order valence-corrected chi connectivity index (χ3v) is 3.70. The summed E-state index contributed by atoms with van der Waals surface area (Å²) in [5, 5.41) is 12.8. The van der Waals surface area contributed by atoms with Crippen LogP contribution in [-0.2, 0) is 0 Å². The van der Waals surface area contributed by atoms with Crippen molar-refractivity contribution in [2.75, 3.05) is 6.54 Å². The largest absolute Gasteiger partial charge is 0.388 e. The molecular formula is C16H16BrNO2.